The van der Waals surface area contributed by atoms with Gasteiger partial charge in [-0.2, -0.15) is 4.98 Å². The molecule has 2 heterocycles. The topological polar surface area (TPSA) is 82.2 Å². The largest absolute Gasteiger partial charge is 0.369 e. The third kappa shape index (κ3) is 5.14. The van der Waals surface area contributed by atoms with Gasteiger partial charge in [0, 0.05) is 37.2 Å². The molecule has 0 atom stereocenters. The number of likely N-dealkylation sites (N-methyl/N-ethyl adjacent to an activating group) is 1. The molecule has 0 saturated carbocycles. The number of nitrogens with zero attached hydrogens (tertiary/aromatic N) is 3. The lowest BCUT2D eigenvalue weighted by atomic mass is 9.91. The van der Waals surface area contributed by atoms with E-state index in [-0.39, 0.29) is 17.9 Å². The minimum Gasteiger partial charge on any atom is -0.369 e. The molecule has 172 valence electrons. The van der Waals surface area contributed by atoms with E-state index in [4.69, 9.17) is 4.98 Å². The van der Waals surface area contributed by atoms with E-state index >= 15 is 0 Å². The second-order valence-corrected chi connectivity index (χ2v) is 8.53. The molecule has 4 rings (SSSR count). The maximum Gasteiger partial charge on any atom is 0.273 e. The lowest BCUT2D eigenvalue weighted by molar-refractivity contribution is 0.0726. The van der Waals surface area contributed by atoms with Crippen LogP contribution in [0.5, 0.6) is 0 Å². The first-order chi connectivity index (χ1) is 16.1. The van der Waals surface area contributed by atoms with Crippen LogP contribution < -0.4 is 16.0 Å². The molecule has 7 heteroatoms. The zero-order valence-corrected chi connectivity index (χ0v) is 19.5. The molecule has 0 fully saturated rings. The van der Waals surface area contributed by atoms with Crippen LogP contribution >= 0.6 is 0 Å². The van der Waals surface area contributed by atoms with Gasteiger partial charge in [0.05, 0.1) is 6.54 Å². The lowest BCUT2D eigenvalue weighted by Crippen LogP contribution is -2.31. The average Bonchev–Trinajstić information content (AvgIpc) is 3.18. The highest BCUT2D eigenvalue weighted by Crippen LogP contribution is 2.31. The smallest absolute Gasteiger partial charge is 0.273 e. The summed E-state index contributed by atoms with van der Waals surface area (Å²) in [6, 6.07) is 21.0. The Bertz CT molecular complexity index is 1030. The molecule has 2 aromatic carbocycles. The summed E-state index contributed by atoms with van der Waals surface area (Å²) in [6.07, 6.45) is 0. The quantitative estimate of drug-likeness (QED) is 0.414. The number of fused-ring (bicyclic) bond motifs is 1. The number of nitrogens with one attached hydrogen (secondary N) is 3. The summed E-state index contributed by atoms with van der Waals surface area (Å²) in [5, 5.41) is 9.91. The van der Waals surface area contributed by atoms with E-state index in [9.17, 15) is 4.79 Å². The Kier molecular flexibility index (Phi) is 7.19. The Morgan fingerprint density at radius 2 is 1.55 bits per heavy atom. The first-order valence-corrected chi connectivity index (χ1v) is 11.5. The molecule has 0 saturated heterocycles. The van der Waals surface area contributed by atoms with E-state index in [1.165, 1.54) is 11.1 Å². The number of anilines is 2. The molecule has 0 spiro atoms. The van der Waals surface area contributed by atoms with E-state index < -0.39 is 0 Å². The SMILES string of the molecule is CNCCNc1nc(NCC(c2ccccc2)c2ccccc2)c2c(n1)C(=O)N(C(C)C)C2. The fourth-order valence-electron chi connectivity index (χ4n) is 4.13. The Balaban J connectivity index is 1.64. The van der Waals surface area contributed by atoms with Crippen molar-refractivity contribution in [1.82, 2.24) is 20.2 Å². The molecule has 1 aliphatic heterocycles. The van der Waals surface area contributed by atoms with Crippen LogP contribution in [0.4, 0.5) is 11.8 Å². The van der Waals surface area contributed by atoms with E-state index in [0.29, 0.717) is 31.3 Å². The summed E-state index contributed by atoms with van der Waals surface area (Å²) in [6.45, 7) is 6.68. The number of hydrogen-bond acceptors (Lipinski definition) is 6. The molecule has 0 bridgehead atoms. The maximum atomic E-state index is 13.0. The Morgan fingerprint density at radius 3 is 2.12 bits per heavy atom. The van der Waals surface area contributed by atoms with Crippen molar-refractivity contribution in [2.24, 2.45) is 0 Å². The fourth-order valence-corrected chi connectivity index (χ4v) is 4.13. The standard InChI is InChI=1S/C26H32N6O/c1-18(2)32-17-22-23(25(32)33)30-26(28-15-14-27-3)31-24(22)29-16-21(19-10-6-4-7-11-19)20-12-8-5-9-13-20/h4-13,18,21,27H,14-17H2,1-3H3,(H2,28,29,30,31). The molecule has 1 amide bonds. The Hall–Kier alpha value is -3.45. The van der Waals surface area contributed by atoms with Gasteiger partial charge in [-0.05, 0) is 32.0 Å². The normalized spacial score (nSPS) is 13.0. The van der Waals surface area contributed by atoms with Gasteiger partial charge < -0.3 is 20.9 Å². The van der Waals surface area contributed by atoms with Crippen molar-refractivity contribution >= 4 is 17.7 Å². The van der Waals surface area contributed by atoms with Crippen molar-refractivity contribution in [2.45, 2.75) is 32.4 Å². The van der Waals surface area contributed by atoms with Crippen molar-refractivity contribution in [1.29, 1.82) is 0 Å². The molecule has 3 aromatic rings. The van der Waals surface area contributed by atoms with Crippen LogP contribution in [0, 0.1) is 0 Å². The van der Waals surface area contributed by atoms with Gasteiger partial charge in [0.15, 0.2) is 0 Å². The van der Waals surface area contributed by atoms with E-state index in [0.717, 1.165) is 17.9 Å². The zero-order valence-electron chi connectivity index (χ0n) is 19.5. The summed E-state index contributed by atoms with van der Waals surface area (Å²) in [7, 11) is 1.90. The number of hydrogen-bond donors (Lipinski definition) is 3. The first-order valence-electron chi connectivity index (χ1n) is 11.5. The summed E-state index contributed by atoms with van der Waals surface area (Å²) in [5.41, 5.74) is 3.82. The number of rotatable bonds is 10. The Labute approximate surface area is 195 Å². The highest BCUT2D eigenvalue weighted by molar-refractivity contribution is 5.98. The van der Waals surface area contributed by atoms with Gasteiger partial charge in [0.25, 0.3) is 5.91 Å². The number of aromatic nitrogens is 2. The van der Waals surface area contributed by atoms with Crippen LogP contribution in [0.15, 0.2) is 60.7 Å². The predicted octanol–water partition coefficient (Wildman–Crippen LogP) is 3.72. The minimum absolute atomic E-state index is 0.0372. The summed E-state index contributed by atoms with van der Waals surface area (Å²) in [4.78, 5) is 24.2. The van der Waals surface area contributed by atoms with Crippen molar-refractivity contribution in [3.63, 3.8) is 0 Å². The average molecular weight is 445 g/mol. The molecule has 0 radical (unpaired) electrons. The number of benzene rings is 2. The third-order valence-electron chi connectivity index (χ3n) is 5.96. The molecular formula is C26H32N6O. The zero-order chi connectivity index (χ0) is 23.2. The molecule has 1 aromatic heterocycles. The molecule has 33 heavy (non-hydrogen) atoms. The number of carbonyl (C=O) groups excluding carboxylic acids is 1. The molecule has 3 N–H and O–H groups in total. The van der Waals surface area contributed by atoms with Gasteiger partial charge >= 0.3 is 0 Å². The third-order valence-corrected chi connectivity index (χ3v) is 5.96. The van der Waals surface area contributed by atoms with E-state index in [1.54, 1.807) is 0 Å². The van der Waals surface area contributed by atoms with Crippen LogP contribution in [0.2, 0.25) is 0 Å². The van der Waals surface area contributed by atoms with Crippen molar-refractivity contribution < 1.29 is 4.79 Å². The van der Waals surface area contributed by atoms with Gasteiger partial charge in [-0.25, -0.2) is 4.98 Å². The summed E-state index contributed by atoms with van der Waals surface area (Å²) < 4.78 is 0. The van der Waals surface area contributed by atoms with Crippen LogP contribution in [-0.4, -0.2) is 53.5 Å². The summed E-state index contributed by atoms with van der Waals surface area (Å²) in [5.74, 6) is 1.31. The predicted molar refractivity (Wildman–Crippen MR) is 133 cm³/mol. The molecular weight excluding hydrogens is 412 g/mol. The van der Waals surface area contributed by atoms with Crippen molar-refractivity contribution in [2.75, 3.05) is 37.3 Å². The van der Waals surface area contributed by atoms with Gasteiger partial charge in [0.2, 0.25) is 5.95 Å². The number of carbonyl (C=O) groups is 1. The van der Waals surface area contributed by atoms with Gasteiger partial charge in [-0.15, -0.1) is 0 Å². The van der Waals surface area contributed by atoms with Crippen LogP contribution in [0.1, 0.15) is 46.9 Å². The van der Waals surface area contributed by atoms with Crippen LogP contribution in [-0.2, 0) is 6.54 Å². The molecule has 0 aliphatic carbocycles. The maximum absolute atomic E-state index is 13.0. The van der Waals surface area contributed by atoms with Gasteiger partial charge in [0.1, 0.15) is 11.5 Å². The highest BCUT2D eigenvalue weighted by atomic mass is 16.2. The Morgan fingerprint density at radius 1 is 0.909 bits per heavy atom. The van der Waals surface area contributed by atoms with Gasteiger partial charge in [-0.3, -0.25) is 4.79 Å². The highest BCUT2D eigenvalue weighted by Gasteiger charge is 2.34. The second-order valence-electron chi connectivity index (χ2n) is 8.53. The van der Waals surface area contributed by atoms with Gasteiger partial charge in [-0.1, -0.05) is 60.7 Å². The van der Waals surface area contributed by atoms with E-state index in [1.807, 2.05) is 37.9 Å². The molecule has 7 nitrogen and oxygen atoms in total. The van der Waals surface area contributed by atoms with Crippen LogP contribution in [0.25, 0.3) is 0 Å². The fraction of sp³-hybridized carbons (Fsp3) is 0.346. The van der Waals surface area contributed by atoms with E-state index in [2.05, 4.69) is 69.5 Å². The minimum atomic E-state index is -0.0372. The lowest BCUT2D eigenvalue weighted by Gasteiger charge is -2.21. The van der Waals surface area contributed by atoms with Crippen molar-refractivity contribution in [3.8, 4) is 0 Å². The molecule has 0 unspecified atom stereocenters. The monoisotopic (exact) mass is 444 g/mol. The molecule has 1 aliphatic rings. The van der Waals surface area contributed by atoms with Crippen LogP contribution in [0.3, 0.4) is 0 Å². The second kappa shape index (κ2) is 10.4. The first kappa shape index (κ1) is 22.7. The van der Waals surface area contributed by atoms with Crippen molar-refractivity contribution in [3.05, 3.63) is 83.0 Å². The summed E-state index contributed by atoms with van der Waals surface area (Å²) >= 11 is 0. The number of amides is 1.